The largest absolute Gasteiger partial charge is 0.481 e. The maximum atomic E-state index is 10.5. The minimum atomic E-state index is -0.774. The topological polar surface area (TPSA) is 49.8 Å². The molecule has 2 unspecified atom stereocenters. The van der Waals surface area contributed by atoms with Crippen LogP contribution < -0.4 is 0 Å². The van der Waals surface area contributed by atoms with Gasteiger partial charge in [-0.1, -0.05) is 20.8 Å². The highest BCUT2D eigenvalue weighted by Gasteiger charge is 2.40. The predicted octanol–water partition coefficient (Wildman–Crippen LogP) is 2.77. The Bertz CT molecular complexity index is 335. The van der Waals surface area contributed by atoms with Gasteiger partial charge in [0.1, 0.15) is 0 Å². The third-order valence-electron chi connectivity index (χ3n) is 4.91. The highest BCUT2D eigenvalue weighted by molar-refractivity contribution is 5.66. The molecule has 0 radical (unpaired) electrons. The van der Waals surface area contributed by atoms with Crippen LogP contribution in [-0.2, 0) is 9.53 Å². The number of carboxylic acids is 1. The van der Waals surface area contributed by atoms with E-state index in [9.17, 15) is 4.79 Å². The molecule has 1 heterocycles. The van der Waals surface area contributed by atoms with Crippen LogP contribution in [0.25, 0.3) is 0 Å². The van der Waals surface area contributed by atoms with Gasteiger partial charge in [-0.25, -0.2) is 0 Å². The van der Waals surface area contributed by atoms with Crippen molar-refractivity contribution in [3.05, 3.63) is 0 Å². The van der Waals surface area contributed by atoms with Crippen LogP contribution in [0.15, 0.2) is 0 Å². The average Bonchev–Trinajstić information content (AvgIpc) is 2.63. The van der Waals surface area contributed by atoms with E-state index in [-0.39, 0.29) is 12.5 Å². The van der Waals surface area contributed by atoms with Crippen molar-refractivity contribution >= 4 is 5.97 Å². The maximum absolute atomic E-state index is 10.5. The zero-order chi connectivity index (χ0) is 14.8. The van der Waals surface area contributed by atoms with Gasteiger partial charge in [-0.3, -0.25) is 9.69 Å². The molecule has 116 valence electrons. The normalized spacial score (nSPS) is 31.6. The molecular weight excluding hydrogens is 254 g/mol. The van der Waals surface area contributed by atoms with E-state index in [1.165, 1.54) is 12.8 Å². The highest BCUT2D eigenvalue weighted by atomic mass is 16.5. The summed E-state index contributed by atoms with van der Waals surface area (Å²) in [5, 5.41) is 8.62. The molecule has 2 rings (SSSR count). The molecule has 4 nitrogen and oxygen atoms in total. The Kier molecular flexibility index (Phi) is 5.08. The number of aliphatic carboxylic acids is 1. The molecule has 0 bridgehead atoms. The number of carbonyl (C=O) groups is 1. The maximum Gasteiger partial charge on any atom is 0.305 e. The minimum Gasteiger partial charge on any atom is -0.481 e. The van der Waals surface area contributed by atoms with Gasteiger partial charge >= 0.3 is 5.97 Å². The highest BCUT2D eigenvalue weighted by Crippen LogP contribution is 2.43. The third kappa shape index (κ3) is 4.19. The summed E-state index contributed by atoms with van der Waals surface area (Å²) in [6, 6.07) is 0.727. The lowest BCUT2D eigenvalue weighted by atomic mass is 9.91. The first-order valence-corrected chi connectivity index (χ1v) is 7.95. The van der Waals surface area contributed by atoms with Gasteiger partial charge in [0.05, 0.1) is 19.1 Å². The summed E-state index contributed by atoms with van der Waals surface area (Å²) in [7, 11) is 0. The van der Waals surface area contributed by atoms with Crippen LogP contribution in [0.5, 0.6) is 0 Å². The molecule has 0 aromatic carbocycles. The summed E-state index contributed by atoms with van der Waals surface area (Å²) in [5.41, 5.74) is 0.485. The van der Waals surface area contributed by atoms with Gasteiger partial charge in [-0.15, -0.1) is 0 Å². The molecule has 0 amide bonds. The molecule has 0 aromatic heterocycles. The Hall–Kier alpha value is -0.610. The lowest BCUT2D eigenvalue weighted by Gasteiger charge is -2.38. The van der Waals surface area contributed by atoms with Crippen LogP contribution in [0.3, 0.4) is 0 Å². The number of hydrogen-bond donors (Lipinski definition) is 1. The minimum absolute atomic E-state index is 0.119. The van der Waals surface area contributed by atoms with Crippen molar-refractivity contribution < 1.29 is 14.6 Å². The molecule has 1 saturated carbocycles. The Morgan fingerprint density at radius 3 is 2.45 bits per heavy atom. The summed E-state index contributed by atoms with van der Waals surface area (Å²) < 4.78 is 5.67. The van der Waals surface area contributed by atoms with Crippen molar-refractivity contribution in [2.24, 2.45) is 11.3 Å². The van der Waals surface area contributed by atoms with E-state index >= 15 is 0 Å². The number of nitrogens with zero attached hydrogens (tertiary/aromatic N) is 1. The van der Waals surface area contributed by atoms with Crippen molar-refractivity contribution in [3.63, 3.8) is 0 Å². The van der Waals surface area contributed by atoms with Gasteiger partial charge in [0.2, 0.25) is 0 Å². The number of piperidine rings is 1. The molecule has 20 heavy (non-hydrogen) atoms. The SMILES string of the molecule is CC1CC(C)(C)CC1N1CCC(OCCC(=O)O)CC1. The quantitative estimate of drug-likeness (QED) is 0.843. The number of hydrogen-bond acceptors (Lipinski definition) is 3. The van der Waals surface area contributed by atoms with Crippen LogP contribution >= 0.6 is 0 Å². The van der Waals surface area contributed by atoms with E-state index in [0.717, 1.165) is 37.9 Å². The van der Waals surface area contributed by atoms with E-state index in [4.69, 9.17) is 9.84 Å². The fraction of sp³-hybridized carbons (Fsp3) is 0.938. The second kappa shape index (κ2) is 6.44. The monoisotopic (exact) mass is 283 g/mol. The number of rotatable bonds is 5. The lowest BCUT2D eigenvalue weighted by molar-refractivity contribution is -0.138. The molecule has 1 aliphatic heterocycles. The first kappa shape index (κ1) is 15.8. The molecule has 2 atom stereocenters. The van der Waals surface area contributed by atoms with Crippen molar-refractivity contribution in [3.8, 4) is 0 Å². The number of ether oxygens (including phenoxy) is 1. The number of likely N-dealkylation sites (tertiary alicyclic amines) is 1. The number of carboxylic acid groups (broad SMARTS) is 1. The summed E-state index contributed by atoms with van der Waals surface area (Å²) >= 11 is 0. The van der Waals surface area contributed by atoms with E-state index in [1.54, 1.807) is 0 Å². The van der Waals surface area contributed by atoms with Crippen molar-refractivity contribution in [1.29, 1.82) is 0 Å². The smallest absolute Gasteiger partial charge is 0.305 e. The van der Waals surface area contributed by atoms with Crippen molar-refractivity contribution in [2.75, 3.05) is 19.7 Å². The fourth-order valence-electron chi connectivity index (χ4n) is 4.03. The Labute approximate surface area is 122 Å². The summed E-state index contributed by atoms with van der Waals surface area (Å²) in [4.78, 5) is 13.1. The first-order chi connectivity index (χ1) is 9.37. The summed E-state index contributed by atoms with van der Waals surface area (Å²) in [6.45, 7) is 9.70. The summed E-state index contributed by atoms with van der Waals surface area (Å²) in [5.74, 6) is 0.0129. The standard InChI is InChI=1S/C16H29NO3/c1-12-10-16(2,3)11-14(12)17-7-4-13(5-8-17)20-9-6-15(18)19/h12-14H,4-11H2,1-3H3,(H,18,19). The Balaban J connectivity index is 1.73. The van der Waals surface area contributed by atoms with Crippen LogP contribution in [-0.4, -0.2) is 47.8 Å². The molecule has 1 aliphatic carbocycles. The Morgan fingerprint density at radius 1 is 1.30 bits per heavy atom. The molecule has 1 N–H and O–H groups in total. The van der Waals surface area contributed by atoms with E-state index in [2.05, 4.69) is 25.7 Å². The molecule has 1 saturated heterocycles. The molecular formula is C16H29NO3. The average molecular weight is 283 g/mol. The van der Waals surface area contributed by atoms with Crippen LogP contribution in [0, 0.1) is 11.3 Å². The van der Waals surface area contributed by atoms with Crippen molar-refractivity contribution in [2.45, 2.75) is 65.0 Å². The summed E-state index contributed by atoms with van der Waals surface area (Å²) in [6.07, 6.45) is 5.10. The van der Waals surface area contributed by atoms with Crippen molar-refractivity contribution in [1.82, 2.24) is 4.90 Å². The predicted molar refractivity (Wildman–Crippen MR) is 78.8 cm³/mol. The second-order valence-corrected chi connectivity index (χ2v) is 7.37. The van der Waals surface area contributed by atoms with Gasteiger partial charge in [0.25, 0.3) is 0 Å². The van der Waals surface area contributed by atoms with Gasteiger partial charge in [-0.2, -0.15) is 0 Å². The molecule has 2 fully saturated rings. The van der Waals surface area contributed by atoms with Crippen LogP contribution in [0.1, 0.15) is 52.9 Å². The van der Waals surface area contributed by atoms with Gasteiger partial charge in [-0.05, 0) is 37.0 Å². The zero-order valence-corrected chi connectivity index (χ0v) is 13.1. The van der Waals surface area contributed by atoms with E-state index in [1.807, 2.05) is 0 Å². The molecule has 4 heteroatoms. The van der Waals surface area contributed by atoms with Gasteiger partial charge in [0, 0.05) is 19.1 Å². The van der Waals surface area contributed by atoms with Gasteiger partial charge < -0.3 is 9.84 Å². The fourth-order valence-corrected chi connectivity index (χ4v) is 4.03. The van der Waals surface area contributed by atoms with E-state index < -0.39 is 5.97 Å². The first-order valence-electron chi connectivity index (χ1n) is 7.95. The van der Waals surface area contributed by atoms with E-state index in [0.29, 0.717) is 12.0 Å². The molecule has 0 spiro atoms. The van der Waals surface area contributed by atoms with Crippen LogP contribution in [0.4, 0.5) is 0 Å². The third-order valence-corrected chi connectivity index (χ3v) is 4.91. The molecule has 2 aliphatic rings. The molecule has 0 aromatic rings. The second-order valence-electron chi connectivity index (χ2n) is 7.37. The zero-order valence-electron chi connectivity index (χ0n) is 13.1. The van der Waals surface area contributed by atoms with Gasteiger partial charge in [0.15, 0.2) is 0 Å². The van der Waals surface area contributed by atoms with Crippen LogP contribution in [0.2, 0.25) is 0 Å². The lowest BCUT2D eigenvalue weighted by Crippen LogP contribution is -2.44. The Morgan fingerprint density at radius 2 is 1.95 bits per heavy atom.